The standard InChI is InChI=1S/C25H34N2OSi/c1-28-20-24-16-9-17-27(24)26-19-23-14-8-13-22(15-10-18-29(2,3)4)25(23)21-11-6-5-7-12-21/h5-8,11-14,19,22,24-25H,9,15-17,20H2,1-4H3/b26-19+/t22-,24-,25+/m0/s1. The van der Waals surface area contributed by atoms with Gasteiger partial charge in [0.15, 0.2) is 0 Å². The summed E-state index contributed by atoms with van der Waals surface area (Å²) in [6.07, 6.45) is 12.0. The molecule has 3 nitrogen and oxygen atoms in total. The third-order valence-corrected chi connectivity index (χ3v) is 6.38. The van der Waals surface area contributed by atoms with E-state index in [4.69, 9.17) is 9.84 Å². The van der Waals surface area contributed by atoms with Gasteiger partial charge >= 0.3 is 0 Å². The molecule has 0 unspecified atom stereocenters. The van der Waals surface area contributed by atoms with Crippen molar-refractivity contribution in [2.24, 2.45) is 11.0 Å². The zero-order valence-corrected chi connectivity index (χ0v) is 19.3. The highest BCUT2D eigenvalue weighted by molar-refractivity contribution is 6.83. The first kappa shape index (κ1) is 21.6. The minimum Gasteiger partial charge on any atom is -0.382 e. The molecule has 1 fully saturated rings. The summed E-state index contributed by atoms with van der Waals surface area (Å²) >= 11 is 0. The van der Waals surface area contributed by atoms with Crippen LogP contribution in [0.1, 0.15) is 30.7 Å². The van der Waals surface area contributed by atoms with Gasteiger partial charge in [0.05, 0.1) is 18.9 Å². The van der Waals surface area contributed by atoms with Crippen LogP contribution in [0.4, 0.5) is 0 Å². The van der Waals surface area contributed by atoms with Gasteiger partial charge in [-0.2, -0.15) is 5.10 Å². The summed E-state index contributed by atoms with van der Waals surface area (Å²) in [5.41, 5.74) is 6.13. The minimum absolute atomic E-state index is 0.296. The van der Waals surface area contributed by atoms with E-state index in [1.54, 1.807) is 7.11 Å². The van der Waals surface area contributed by atoms with Crippen LogP contribution >= 0.6 is 0 Å². The smallest absolute Gasteiger partial charge is 0.129 e. The summed E-state index contributed by atoms with van der Waals surface area (Å²) in [6, 6.07) is 11.2. The van der Waals surface area contributed by atoms with E-state index in [-0.39, 0.29) is 0 Å². The van der Waals surface area contributed by atoms with Crippen LogP contribution in [0.25, 0.3) is 0 Å². The molecule has 1 aromatic rings. The van der Waals surface area contributed by atoms with Gasteiger partial charge in [-0.05, 0) is 29.9 Å². The maximum absolute atomic E-state index is 5.37. The Morgan fingerprint density at radius 3 is 2.76 bits per heavy atom. The second-order valence-corrected chi connectivity index (χ2v) is 13.8. The van der Waals surface area contributed by atoms with Crippen molar-refractivity contribution in [2.45, 2.75) is 50.9 Å². The van der Waals surface area contributed by atoms with Crippen molar-refractivity contribution in [3.8, 4) is 11.5 Å². The fraction of sp³-hybridized carbons (Fsp3) is 0.480. The highest BCUT2D eigenvalue weighted by atomic mass is 28.3. The Bertz CT molecular complexity index is 811. The van der Waals surface area contributed by atoms with E-state index in [2.05, 4.69) is 90.9 Å². The topological polar surface area (TPSA) is 24.8 Å². The summed E-state index contributed by atoms with van der Waals surface area (Å²) < 4.78 is 5.37. The van der Waals surface area contributed by atoms with Gasteiger partial charge in [-0.25, -0.2) is 0 Å². The molecule has 1 aromatic carbocycles. The van der Waals surface area contributed by atoms with Crippen LogP contribution in [0.5, 0.6) is 0 Å². The van der Waals surface area contributed by atoms with Crippen LogP contribution in [-0.2, 0) is 4.74 Å². The number of hydrogen-bond donors (Lipinski definition) is 0. The molecule has 0 radical (unpaired) electrons. The normalized spacial score (nSPS) is 24.5. The highest BCUT2D eigenvalue weighted by Crippen LogP contribution is 2.37. The number of benzene rings is 1. The third kappa shape index (κ3) is 6.19. The van der Waals surface area contributed by atoms with E-state index < -0.39 is 8.07 Å². The lowest BCUT2D eigenvalue weighted by molar-refractivity contribution is 0.118. The zero-order valence-electron chi connectivity index (χ0n) is 18.3. The molecule has 4 heteroatoms. The number of rotatable bonds is 6. The predicted octanol–water partition coefficient (Wildman–Crippen LogP) is 5.25. The molecule has 2 aliphatic rings. The molecular formula is C25H34N2OSi. The molecule has 0 spiro atoms. The van der Waals surface area contributed by atoms with Gasteiger partial charge in [0.2, 0.25) is 0 Å². The molecule has 0 N–H and O–H groups in total. The second kappa shape index (κ2) is 10.1. The van der Waals surface area contributed by atoms with Crippen molar-refractivity contribution >= 4 is 14.3 Å². The van der Waals surface area contributed by atoms with Gasteiger partial charge in [-0.1, -0.05) is 68.2 Å². The van der Waals surface area contributed by atoms with Crippen molar-refractivity contribution in [2.75, 3.05) is 20.3 Å². The number of hydrogen-bond acceptors (Lipinski definition) is 3. The van der Waals surface area contributed by atoms with Crippen molar-refractivity contribution in [1.29, 1.82) is 0 Å². The summed E-state index contributed by atoms with van der Waals surface area (Å²) in [5.74, 6) is 4.17. The second-order valence-electron chi connectivity index (χ2n) is 9.02. The first-order chi connectivity index (χ1) is 14.0. The van der Waals surface area contributed by atoms with Gasteiger partial charge in [-0.3, -0.25) is 5.01 Å². The van der Waals surface area contributed by atoms with Gasteiger partial charge in [-0.15, -0.1) is 11.5 Å². The highest BCUT2D eigenvalue weighted by Gasteiger charge is 2.27. The van der Waals surface area contributed by atoms with E-state index in [0.717, 1.165) is 26.0 Å². The monoisotopic (exact) mass is 406 g/mol. The largest absolute Gasteiger partial charge is 0.382 e. The maximum Gasteiger partial charge on any atom is 0.129 e. The number of ether oxygens (including phenoxy) is 1. The molecule has 0 saturated carbocycles. The number of hydrazone groups is 1. The Hall–Kier alpha value is -2.09. The summed E-state index contributed by atoms with van der Waals surface area (Å²) in [4.78, 5) is 0. The van der Waals surface area contributed by atoms with E-state index in [9.17, 15) is 0 Å². The molecular weight excluding hydrogens is 372 g/mol. The fourth-order valence-corrected chi connectivity index (χ4v) is 4.72. The third-order valence-electron chi connectivity index (χ3n) is 5.45. The van der Waals surface area contributed by atoms with Crippen LogP contribution < -0.4 is 0 Å². The molecule has 1 aliphatic heterocycles. The van der Waals surface area contributed by atoms with E-state index in [0.29, 0.717) is 17.9 Å². The molecule has 0 bridgehead atoms. The molecule has 0 aromatic heterocycles. The maximum atomic E-state index is 5.37. The lowest BCUT2D eigenvalue weighted by Crippen LogP contribution is -2.28. The van der Waals surface area contributed by atoms with Gasteiger partial charge in [0.25, 0.3) is 0 Å². The van der Waals surface area contributed by atoms with Crippen LogP contribution in [0.15, 0.2) is 59.2 Å². The average Bonchev–Trinajstić information content (AvgIpc) is 3.13. The van der Waals surface area contributed by atoms with E-state index in [1.807, 2.05) is 0 Å². The Balaban J connectivity index is 1.82. The molecule has 1 aliphatic carbocycles. The molecule has 154 valence electrons. The van der Waals surface area contributed by atoms with Crippen LogP contribution in [-0.4, -0.2) is 45.6 Å². The van der Waals surface area contributed by atoms with Crippen molar-refractivity contribution < 1.29 is 4.74 Å². The van der Waals surface area contributed by atoms with Crippen LogP contribution in [0, 0.1) is 17.4 Å². The van der Waals surface area contributed by atoms with Crippen LogP contribution in [0.2, 0.25) is 19.6 Å². The fourth-order valence-electron chi connectivity index (χ4n) is 4.09. The Morgan fingerprint density at radius 1 is 1.24 bits per heavy atom. The summed E-state index contributed by atoms with van der Waals surface area (Å²) in [7, 11) is 0.417. The molecule has 0 amide bonds. The average molecular weight is 407 g/mol. The molecule has 3 rings (SSSR count). The Morgan fingerprint density at radius 2 is 2.03 bits per heavy atom. The van der Waals surface area contributed by atoms with Gasteiger partial charge in [0.1, 0.15) is 8.07 Å². The zero-order chi connectivity index (χ0) is 20.7. The van der Waals surface area contributed by atoms with Crippen molar-refractivity contribution in [3.05, 3.63) is 59.7 Å². The quantitative estimate of drug-likeness (QED) is 0.366. The molecule has 1 saturated heterocycles. The predicted molar refractivity (Wildman–Crippen MR) is 126 cm³/mol. The first-order valence-corrected chi connectivity index (χ1v) is 14.2. The Labute approximate surface area is 177 Å². The Kier molecular flexibility index (Phi) is 7.52. The summed E-state index contributed by atoms with van der Waals surface area (Å²) in [5, 5.41) is 7.07. The molecule has 1 heterocycles. The van der Waals surface area contributed by atoms with Crippen molar-refractivity contribution in [3.63, 3.8) is 0 Å². The lowest BCUT2D eigenvalue weighted by atomic mass is 9.76. The minimum atomic E-state index is -1.35. The SMILES string of the molecule is COC[C@@H]1CCCN1/N=C/C1=CC=C[C@@H](CC#C[Si](C)(C)C)[C@H]1c1ccccc1. The van der Waals surface area contributed by atoms with Gasteiger partial charge in [0, 0.05) is 26.0 Å². The number of allylic oxidation sites excluding steroid dienone is 4. The van der Waals surface area contributed by atoms with E-state index in [1.165, 1.54) is 17.6 Å². The van der Waals surface area contributed by atoms with Gasteiger partial charge < -0.3 is 4.74 Å². The first-order valence-electron chi connectivity index (χ1n) is 10.7. The number of methoxy groups -OCH3 is 1. The lowest BCUT2D eigenvalue weighted by Gasteiger charge is -2.28. The van der Waals surface area contributed by atoms with E-state index >= 15 is 0 Å². The summed E-state index contributed by atoms with van der Waals surface area (Å²) in [6.45, 7) is 8.66. The molecule has 3 atom stereocenters. The number of nitrogens with zero attached hydrogens (tertiary/aromatic N) is 2. The van der Waals surface area contributed by atoms with Crippen molar-refractivity contribution in [1.82, 2.24) is 5.01 Å². The molecule has 29 heavy (non-hydrogen) atoms. The van der Waals surface area contributed by atoms with Crippen LogP contribution in [0.3, 0.4) is 0 Å².